The van der Waals surface area contributed by atoms with E-state index in [4.69, 9.17) is 5.26 Å². The van der Waals surface area contributed by atoms with E-state index < -0.39 is 11.4 Å². The molecule has 1 aliphatic carbocycles. The molecule has 0 aromatic heterocycles. The Morgan fingerprint density at radius 2 is 2.00 bits per heavy atom. The third-order valence-corrected chi connectivity index (χ3v) is 3.67. The van der Waals surface area contributed by atoms with Crippen molar-refractivity contribution in [1.82, 2.24) is 0 Å². The largest absolute Gasteiger partial charge is 0.591 e. The van der Waals surface area contributed by atoms with E-state index in [-0.39, 0.29) is 10.2 Å². The molecule has 1 rings (SSSR count). The van der Waals surface area contributed by atoms with Crippen LogP contribution >= 0.6 is 0 Å². The summed E-state index contributed by atoms with van der Waals surface area (Å²) < 4.78 is 15.4. The van der Waals surface area contributed by atoms with Gasteiger partial charge in [0, 0.05) is 12.8 Å². The first-order valence-corrected chi connectivity index (χ1v) is 5.77. The summed E-state index contributed by atoms with van der Waals surface area (Å²) >= 11 is -1.17. The quantitative estimate of drug-likeness (QED) is 0.626. The Bertz CT molecular complexity index is 290. The van der Waals surface area contributed by atoms with Crippen LogP contribution in [0.1, 0.15) is 40.5 Å². The Morgan fingerprint density at radius 3 is 2.36 bits per heavy atom. The molecule has 1 aliphatic rings. The third-order valence-electron chi connectivity index (χ3n) is 2.19. The zero-order valence-electron chi connectivity index (χ0n) is 9.13. The molecule has 0 spiro atoms. The van der Waals surface area contributed by atoms with Gasteiger partial charge in [0.05, 0.1) is 17.2 Å². The van der Waals surface area contributed by atoms with Crippen molar-refractivity contribution < 1.29 is 4.55 Å². The molecule has 0 saturated heterocycles. The van der Waals surface area contributed by atoms with Crippen molar-refractivity contribution in [2.24, 2.45) is 9.81 Å². The number of hydrogen-bond acceptors (Lipinski definition) is 3. The fourth-order valence-corrected chi connectivity index (χ4v) is 1.88. The summed E-state index contributed by atoms with van der Waals surface area (Å²) in [6.07, 6.45) is 1.34. The number of nitrogens with zero attached hydrogens (tertiary/aromatic N) is 2. The molecule has 1 saturated carbocycles. The minimum atomic E-state index is -1.17. The fourth-order valence-electron chi connectivity index (χ4n) is 1.25. The molecule has 14 heavy (non-hydrogen) atoms. The Morgan fingerprint density at radius 1 is 1.50 bits per heavy atom. The van der Waals surface area contributed by atoms with Crippen molar-refractivity contribution >= 4 is 17.1 Å². The van der Waals surface area contributed by atoms with E-state index >= 15 is 0 Å². The SMILES string of the molecule is CC1(C#N)CC(=N[S@@+]([O-])C(C)(C)C)C1. The summed E-state index contributed by atoms with van der Waals surface area (Å²) in [5.74, 6) is 0. The minimum Gasteiger partial charge on any atom is -0.591 e. The molecule has 0 bridgehead atoms. The zero-order chi connectivity index (χ0) is 11.0. The second-order valence-corrected chi connectivity index (χ2v) is 6.95. The first-order valence-electron chi connectivity index (χ1n) is 4.66. The van der Waals surface area contributed by atoms with Crippen LogP contribution in [0, 0.1) is 16.7 Å². The lowest BCUT2D eigenvalue weighted by Gasteiger charge is -2.32. The Kier molecular flexibility index (Phi) is 2.93. The summed E-state index contributed by atoms with van der Waals surface area (Å²) in [5.41, 5.74) is 0.656. The van der Waals surface area contributed by atoms with Gasteiger partial charge in [-0.2, -0.15) is 5.26 Å². The second-order valence-electron chi connectivity index (χ2n) is 5.05. The Hall–Kier alpha value is -0.530. The van der Waals surface area contributed by atoms with E-state index in [0.717, 1.165) is 5.71 Å². The Balaban J connectivity index is 2.56. The van der Waals surface area contributed by atoms with Gasteiger partial charge in [0.1, 0.15) is 16.1 Å². The fraction of sp³-hybridized carbons (Fsp3) is 0.800. The van der Waals surface area contributed by atoms with Crippen LogP contribution in [0.2, 0.25) is 0 Å². The van der Waals surface area contributed by atoms with Gasteiger partial charge in [-0.25, -0.2) is 0 Å². The maximum Gasteiger partial charge on any atom is 0.144 e. The van der Waals surface area contributed by atoms with Crippen molar-refractivity contribution in [3.05, 3.63) is 0 Å². The lowest BCUT2D eigenvalue weighted by atomic mass is 9.70. The molecule has 0 radical (unpaired) electrons. The first kappa shape index (κ1) is 11.5. The first-order chi connectivity index (χ1) is 6.27. The van der Waals surface area contributed by atoms with Crippen LogP contribution in [0.3, 0.4) is 0 Å². The molecule has 1 atom stereocenters. The third kappa shape index (κ3) is 2.49. The molecule has 3 nitrogen and oxygen atoms in total. The van der Waals surface area contributed by atoms with Gasteiger partial charge in [-0.05, 0) is 27.7 Å². The molecular weight excluding hydrogens is 196 g/mol. The smallest absolute Gasteiger partial charge is 0.144 e. The van der Waals surface area contributed by atoms with Gasteiger partial charge in [-0.3, -0.25) is 0 Å². The van der Waals surface area contributed by atoms with Gasteiger partial charge >= 0.3 is 0 Å². The van der Waals surface area contributed by atoms with Gasteiger partial charge in [0.2, 0.25) is 0 Å². The number of nitriles is 1. The molecule has 0 aromatic carbocycles. The highest BCUT2D eigenvalue weighted by atomic mass is 32.2. The van der Waals surface area contributed by atoms with Crippen LogP contribution in [0.15, 0.2) is 4.40 Å². The van der Waals surface area contributed by atoms with E-state index in [0.29, 0.717) is 12.8 Å². The van der Waals surface area contributed by atoms with Crippen LogP contribution in [-0.4, -0.2) is 15.0 Å². The maximum atomic E-state index is 11.6. The average molecular weight is 212 g/mol. The maximum absolute atomic E-state index is 11.6. The highest BCUT2D eigenvalue weighted by molar-refractivity contribution is 7.91. The number of rotatable bonds is 1. The van der Waals surface area contributed by atoms with E-state index in [1.54, 1.807) is 0 Å². The monoisotopic (exact) mass is 212 g/mol. The van der Waals surface area contributed by atoms with Crippen molar-refractivity contribution in [3.63, 3.8) is 0 Å². The van der Waals surface area contributed by atoms with E-state index in [9.17, 15) is 4.55 Å². The van der Waals surface area contributed by atoms with Crippen molar-refractivity contribution in [2.75, 3.05) is 0 Å². The zero-order valence-corrected chi connectivity index (χ0v) is 9.94. The van der Waals surface area contributed by atoms with Crippen LogP contribution in [0.25, 0.3) is 0 Å². The van der Waals surface area contributed by atoms with Crippen molar-refractivity contribution in [3.8, 4) is 6.07 Å². The topological polar surface area (TPSA) is 59.2 Å². The van der Waals surface area contributed by atoms with Gasteiger partial charge in [0.25, 0.3) is 0 Å². The molecule has 1 fully saturated rings. The number of hydrogen-bond donors (Lipinski definition) is 0. The van der Waals surface area contributed by atoms with Gasteiger partial charge in [-0.15, -0.1) is 0 Å². The van der Waals surface area contributed by atoms with Crippen LogP contribution in [0.4, 0.5) is 0 Å². The molecule has 0 N–H and O–H groups in total. The summed E-state index contributed by atoms with van der Waals surface area (Å²) in [7, 11) is 0. The average Bonchev–Trinajstić information content (AvgIpc) is 1.99. The molecule has 0 heterocycles. The van der Waals surface area contributed by atoms with Crippen molar-refractivity contribution in [2.45, 2.75) is 45.3 Å². The molecule has 4 heteroatoms. The van der Waals surface area contributed by atoms with Crippen LogP contribution in [0.5, 0.6) is 0 Å². The molecule has 78 valence electrons. The van der Waals surface area contributed by atoms with Gasteiger partial charge < -0.3 is 4.55 Å². The van der Waals surface area contributed by atoms with E-state index in [1.165, 1.54) is 0 Å². The highest BCUT2D eigenvalue weighted by Gasteiger charge is 2.40. The summed E-state index contributed by atoms with van der Waals surface area (Å²) in [4.78, 5) is 0. The molecule has 0 aliphatic heterocycles. The summed E-state index contributed by atoms with van der Waals surface area (Å²) in [5, 5.41) is 8.78. The molecule has 0 amide bonds. The van der Waals surface area contributed by atoms with Crippen LogP contribution in [-0.2, 0) is 11.4 Å². The standard InChI is InChI=1S/C10H16N2OS/c1-9(2,3)14(13)12-8-5-10(4,6-8)7-11/h5-6H2,1-4H3/t10?,14-/m0/s1. The van der Waals surface area contributed by atoms with E-state index in [1.807, 2.05) is 27.7 Å². The highest BCUT2D eigenvalue weighted by Crippen LogP contribution is 2.38. The normalized spacial score (nSPS) is 29.0. The molecule has 0 aromatic rings. The second kappa shape index (κ2) is 3.56. The predicted octanol–water partition coefficient (Wildman–Crippen LogP) is 2.21. The van der Waals surface area contributed by atoms with Crippen LogP contribution < -0.4 is 0 Å². The lowest BCUT2D eigenvalue weighted by Crippen LogP contribution is -2.36. The summed E-state index contributed by atoms with van der Waals surface area (Å²) in [6.45, 7) is 7.60. The van der Waals surface area contributed by atoms with Gasteiger partial charge in [-0.1, -0.05) is 4.40 Å². The molecule has 0 unspecified atom stereocenters. The van der Waals surface area contributed by atoms with Crippen molar-refractivity contribution in [1.29, 1.82) is 5.26 Å². The summed E-state index contributed by atoms with van der Waals surface area (Å²) in [6, 6.07) is 2.24. The molecular formula is C10H16N2OS. The van der Waals surface area contributed by atoms with Gasteiger partial charge in [0.15, 0.2) is 0 Å². The van der Waals surface area contributed by atoms with E-state index in [2.05, 4.69) is 10.5 Å². The minimum absolute atomic E-state index is 0.263. The Labute approximate surface area is 88.5 Å². The lowest BCUT2D eigenvalue weighted by molar-refractivity contribution is 0.415. The predicted molar refractivity (Wildman–Crippen MR) is 58.3 cm³/mol.